The number of carbonyl (C=O) groups is 1. The van der Waals surface area contributed by atoms with Crippen molar-refractivity contribution in [2.75, 3.05) is 20.1 Å². The molecule has 2 unspecified atom stereocenters. The van der Waals surface area contributed by atoms with Crippen molar-refractivity contribution in [3.63, 3.8) is 0 Å². The number of likely N-dealkylation sites (tertiary alicyclic amines) is 1. The van der Waals surface area contributed by atoms with Gasteiger partial charge in [-0.15, -0.1) is 0 Å². The van der Waals surface area contributed by atoms with E-state index in [1.807, 2.05) is 54.4 Å². The molecular formula is C29H30Cl2N2O2. The molecule has 3 aromatic rings. The maximum Gasteiger partial charge on any atom is 0.254 e. The molecular weight excluding hydrogens is 479 g/mol. The molecule has 0 spiro atoms. The third kappa shape index (κ3) is 4.93. The molecule has 2 atom stereocenters. The Balaban J connectivity index is 1.35. The molecule has 6 heteroatoms. The van der Waals surface area contributed by atoms with Gasteiger partial charge in [-0.1, -0.05) is 59.6 Å². The van der Waals surface area contributed by atoms with E-state index >= 15 is 0 Å². The van der Waals surface area contributed by atoms with Crippen molar-refractivity contribution in [1.29, 1.82) is 0 Å². The van der Waals surface area contributed by atoms with Gasteiger partial charge in [0.05, 0.1) is 16.1 Å². The molecule has 1 fully saturated rings. The monoisotopic (exact) mass is 508 g/mol. The van der Waals surface area contributed by atoms with Gasteiger partial charge >= 0.3 is 0 Å². The minimum Gasteiger partial charge on any atom is -0.508 e. The van der Waals surface area contributed by atoms with Crippen molar-refractivity contribution in [3.05, 3.63) is 99.0 Å². The SMILES string of the molecule is CN1C(=O)c2ccccc2C1CCC(c1ccc(Cl)c(Cl)c1)N1CCC(c2ccc(O)cc2)CC1. The number of hydrogen-bond acceptors (Lipinski definition) is 3. The lowest BCUT2D eigenvalue weighted by Gasteiger charge is -2.39. The molecule has 35 heavy (non-hydrogen) atoms. The Kier molecular flexibility index (Phi) is 7.06. The first-order valence-electron chi connectivity index (χ1n) is 12.3. The third-order valence-electron chi connectivity index (χ3n) is 7.71. The first kappa shape index (κ1) is 24.2. The number of fused-ring (bicyclic) bond motifs is 1. The highest BCUT2D eigenvalue weighted by Gasteiger charge is 2.35. The van der Waals surface area contributed by atoms with Crippen LogP contribution in [-0.4, -0.2) is 41.0 Å². The van der Waals surface area contributed by atoms with Crippen molar-refractivity contribution in [1.82, 2.24) is 9.80 Å². The quantitative estimate of drug-likeness (QED) is 0.381. The minimum absolute atomic E-state index is 0.0820. The summed E-state index contributed by atoms with van der Waals surface area (Å²) in [6.45, 7) is 1.96. The number of phenolic OH excluding ortho intramolecular Hbond substituents is 1. The smallest absolute Gasteiger partial charge is 0.254 e. The molecule has 1 saturated heterocycles. The number of benzene rings is 3. The van der Waals surface area contributed by atoms with Gasteiger partial charge in [0.25, 0.3) is 5.91 Å². The third-order valence-corrected chi connectivity index (χ3v) is 8.45. The van der Waals surface area contributed by atoms with Crippen molar-refractivity contribution >= 4 is 29.1 Å². The van der Waals surface area contributed by atoms with Crippen molar-refractivity contribution in [2.45, 2.75) is 43.7 Å². The number of aromatic hydroxyl groups is 1. The number of halogens is 2. The van der Waals surface area contributed by atoms with Gasteiger partial charge in [-0.25, -0.2) is 0 Å². The lowest BCUT2D eigenvalue weighted by atomic mass is 9.87. The van der Waals surface area contributed by atoms with Crippen LogP contribution in [-0.2, 0) is 0 Å². The second kappa shape index (κ2) is 10.2. The standard InChI is InChI=1S/C29H30Cl2N2O2/c1-32-28(23-4-2-3-5-24(23)29(32)35)13-12-27(21-8-11-25(30)26(31)18-21)33-16-14-20(15-17-33)19-6-9-22(34)10-7-19/h2-11,18,20,27-28,34H,12-17H2,1H3. The molecule has 5 rings (SSSR count). The van der Waals surface area contributed by atoms with E-state index in [0.717, 1.165) is 49.9 Å². The molecule has 1 N–H and O–H groups in total. The van der Waals surface area contributed by atoms with Gasteiger partial charge in [0.1, 0.15) is 5.75 Å². The van der Waals surface area contributed by atoms with Crippen molar-refractivity contribution in [2.24, 2.45) is 0 Å². The molecule has 0 aromatic heterocycles. The summed E-state index contributed by atoms with van der Waals surface area (Å²) in [5.41, 5.74) is 4.40. The summed E-state index contributed by atoms with van der Waals surface area (Å²) in [5.74, 6) is 0.904. The summed E-state index contributed by atoms with van der Waals surface area (Å²) >= 11 is 12.7. The van der Waals surface area contributed by atoms with Crippen LogP contribution < -0.4 is 0 Å². The molecule has 182 valence electrons. The molecule has 1 amide bonds. The summed E-state index contributed by atoms with van der Waals surface area (Å²) in [6.07, 6.45) is 3.92. The zero-order valence-corrected chi connectivity index (χ0v) is 21.3. The molecule has 2 heterocycles. The van der Waals surface area contributed by atoms with Gasteiger partial charge in [-0.05, 0) is 91.7 Å². The molecule has 0 saturated carbocycles. The van der Waals surface area contributed by atoms with Crippen LogP contribution >= 0.6 is 23.2 Å². The van der Waals surface area contributed by atoms with Crippen LogP contribution in [0.1, 0.15) is 70.7 Å². The Morgan fingerprint density at radius 2 is 1.69 bits per heavy atom. The normalized spacial score (nSPS) is 19.7. The largest absolute Gasteiger partial charge is 0.508 e. The number of carbonyl (C=O) groups excluding carboxylic acids is 1. The number of rotatable bonds is 6. The van der Waals surface area contributed by atoms with Crippen LogP contribution in [0.3, 0.4) is 0 Å². The highest BCUT2D eigenvalue weighted by Crippen LogP contribution is 2.41. The second-order valence-corrected chi connectivity index (χ2v) is 10.5. The lowest BCUT2D eigenvalue weighted by Crippen LogP contribution is -2.36. The first-order chi connectivity index (χ1) is 16.9. The van der Waals surface area contributed by atoms with Gasteiger partial charge in [-0.3, -0.25) is 9.69 Å². The minimum atomic E-state index is 0.0820. The van der Waals surface area contributed by atoms with Gasteiger partial charge in [0, 0.05) is 18.7 Å². The zero-order chi connectivity index (χ0) is 24.5. The Hall–Kier alpha value is -2.53. The molecule has 0 aliphatic carbocycles. The Morgan fingerprint density at radius 3 is 2.40 bits per heavy atom. The maximum absolute atomic E-state index is 12.8. The van der Waals surface area contributed by atoms with Crippen LogP contribution in [0.25, 0.3) is 0 Å². The molecule has 4 nitrogen and oxygen atoms in total. The van der Waals surface area contributed by atoms with Gasteiger partial charge < -0.3 is 10.0 Å². The predicted octanol–water partition coefficient (Wildman–Crippen LogP) is 7.23. The fourth-order valence-electron chi connectivity index (χ4n) is 5.76. The summed E-state index contributed by atoms with van der Waals surface area (Å²) in [6, 6.07) is 21.8. The number of nitrogens with zero attached hydrogens (tertiary/aromatic N) is 2. The molecule has 2 aliphatic rings. The zero-order valence-electron chi connectivity index (χ0n) is 19.8. The molecule has 2 aliphatic heterocycles. The maximum atomic E-state index is 12.8. The fourth-order valence-corrected chi connectivity index (χ4v) is 6.06. The summed E-state index contributed by atoms with van der Waals surface area (Å²) < 4.78 is 0. The average molecular weight is 509 g/mol. The predicted molar refractivity (Wildman–Crippen MR) is 141 cm³/mol. The van der Waals surface area contributed by atoms with E-state index < -0.39 is 0 Å². The van der Waals surface area contributed by atoms with Gasteiger partial charge in [0.2, 0.25) is 0 Å². The Morgan fingerprint density at radius 1 is 0.971 bits per heavy atom. The van der Waals surface area contributed by atoms with E-state index in [1.165, 1.54) is 11.1 Å². The van der Waals surface area contributed by atoms with E-state index in [4.69, 9.17) is 23.2 Å². The fraction of sp³-hybridized carbons (Fsp3) is 0.345. The van der Waals surface area contributed by atoms with Crippen LogP contribution in [0.15, 0.2) is 66.7 Å². The molecule has 3 aromatic carbocycles. The summed E-state index contributed by atoms with van der Waals surface area (Å²) in [5, 5.41) is 10.8. The number of hydrogen-bond donors (Lipinski definition) is 1. The van der Waals surface area contributed by atoms with Crippen LogP contribution in [0.4, 0.5) is 0 Å². The average Bonchev–Trinajstić information content (AvgIpc) is 3.12. The van der Waals surface area contributed by atoms with E-state index in [-0.39, 0.29) is 18.0 Å². The number of piperidine rings is 1. The number of phenols is 1. The van der Waals surface area contributed by atoms with Crippen LogP contribution in [0.2, 0.25) is 10.0 Å². The van der Waals surface area contributed by atoms with Crippen molar-refractivity contribution < 1.29 is 9.90 Å². The highest BCUT2D eigenvalue weighted by atomic mass is 35.5. The summed E-state index contributed by atoms with van der Waals surface area (Å²) in [4.78, 5) is 17.2. The van der Waals surface area contributed by atoms with Gasteiger partial charge in [-0.2, -0.15) is 0 Å². The Labute approximate surface area is 217 Å². The second-order valence-electron chi connectivity index (χ2n) is 9.69. The van der Waals surface area contributed by atoms with E-state index in [1.54, 1.807) is 12.1 Å². The highest BCUT2D eigenvalue weighted by molar-refractivity contribution is 6.42. The molecule has 0 radical (unpaired) electrons. The first-order valence-corrected chi connectivity index (χ1v) is 13.0. The summed E-state index contributed by atoms with van der Waals surface area (Å²) in [7, 11) is 1.91. The van der Waals surface area contributed by atoms with Gasteiger partial charge in [0.15, 0.2) is 0 Å². The topological polar surface area (TPSA) is 43.8 Å². The van der Waals surface area contributed by atoms with E-state index in [0.29, 0.717) is 21.7 Å². The number of amides is 1. The van der Waals surface area contributed by atoms with Crippen molar-refractivity contribution in [3.8, 4) is 5.75 Å². The van der Waals surface area contributed by atoms with E-state index in [9.17, 15) is 9.90 Å². The van der Waals surface area contributed by atoms with Crippen LogP contribution in [0.5, 0.6) is 5.75 Å². The van der Waals surface area contributed by atoms with E-state index in [2.05, 4.69) is 17.0 Å². The van der Waals surface area contributed by atoms with Crippen LogP contribution in [0, 0.1) is 0 Å². The lowest BCUT2D eigenvalue weighted by molar-refractivity contribution is 0.0751. The molecule has 0 bridgehead atoms. The Bertz CT molecular complexity index is 1210.